The molecule has 126 valence electrons. The van der Waals surface area contributed by atoms with Crippen LogP contribution < -0.4 is 9.47 Å². The maximum absolute atomic E-state index is 10.8. The van der Waals surface area contributed by atoms with Crippen molar-refractivity contribution in [2.24, 2.45) is 0 Å². The second kappa shape index (κ2) is 4.88. The lowest BCUT2D eigenvalue weighted by atomic mass is 9.81. The van der Waals surface area contributed by atoms with Gasteiger partial charge in [-0.25, -0.2) is 0 Å². The molecule has 5 nitrogen and oxygen atoms in total. The van der Waals surface area contributed by atoms with Crippen molar-refractivity contribution in [3.63, 3.8) is 0 Å². The molecule has 0 saturated carbocycles. The minimum atomic E-state index is -1.50. The van der Waals surface area contributed by atoms with Gasteiger partial charge >= 0.3 is 5.79 Å². The summed E-state index contributed by atoms with van der Waals surface area (Å²) in [5.41, 5.74) is 0.768. The van der Waals surface area contributed by atoms with Crippen LogP contribution in [0.5, 0.6) is 17.2 Å². The first-order chi connectivity index (χ1) is 12.1. The summed E-state index contributed by atoms with van der Waals surface area (Å²) in [4.78, 5) is 0. The maximum atomic E-state index is 10.8. The second-order valence-electron chi connectivity index (χ2n) is 6.49. The molecule has 3 aromatic rings. The number of ether oxygens (including phenoxy) is 2. The topological polar surface area (TPSA) is 79.2 Å². The zero-order chi connectivity index (χ0) is 17.2. The molecule has 5 rings (SSSR count). The molecule has 0 bridgehead atoms. The van der Waals surface area contributed by atoms with Gasteiger partial charge in [0.25, 0.3) is 0 Å². The number of aromatic hydroxyl groups is 1. The van der Waals surface area contributed by atoms with Crippen molar-refractivity contribution < 1.29 is 24.8 Å². The van der Waals surface area contributed by atoms with E-state index >= 15 is 0 Å². The largest absolute Gasteiger partial charge is 0.508 e. The molecule has 1 heterocycles. The second-order valence-corrected chi connectivity index (χ2v) is 6.49. The molecule has 2 aliphatic rings. The van der Waals surface area contributed by atoms with Crippen LogP contribution in [0.1, 0.15) is 23.7 Å². The lowest BCUT2D eigenvalue weighted by molar-refractivity contribution is -0.214. The van der Waals surface area contributed by atoms with Crippen molar-refractivity contribution in [3.05, 3.63) is 65.7 Å². The summed E-state index contributed by atoms with van der Waals surface area (Å²) in [5.74, 6) is -0.343. The van der Waals surface area contributed by atoms with Crippen LogP contribution in [0.2, 0.25) is 0 Å². The van der Waals surface area contributed by atoms with Crippen molar-refractivity contribution >= 4 is 10.8 Å². The lowest BCUT2D eigenvalue weighted by Gasteiger charge is -2.45. The number of benzene rings is 3. The van der Waals surface area contributed by atoms with Gasteiger partial charge in [0.15, 0.2) is 0 Å². The van der Waals surface area contributed by atoms with Crippen molar-refractivity contribution in [3.8, 4) is 17.2 Å². The number of phenols is 1. The molecule has 1 spiro atoms. The Kier molecular flexibility index (Phi) is 2.84. The fourth-order valence-corrected chi connectivity index (χ4v) is 3.91. The summed E-state index contributed by atoms with van der Waals surface area (Å²) in [6, 6.07) is 16.2. The predicted molar refractivity (Wildman–Crippen MR) is 90.6 cm³/mol. The van der Waals surface area contributed by atoms with Crippen molar-refractivity contribution in [1.29, 1.82) is 0 Å². The normalized spacial score (nSPS) is 23.0. The SMILES string of the molecule is Oc1cccc2c1[C@H](O)C[C@@H](O)C21Oc2cccc3cccc(c23)O1. The monoisotopic (exact) mass is 336 g/mol. The lowest BCUT2D eigenvalue weighted by Crippen LogP contribution is -2.54. The maximum Gasteiger partial charge on any atom is 0.304 e. The Hall–Kier alpha value is -2.76. The highest BCUT2D eigenvalue weighted by Gasteiger charge is 2.54. The van der Waals surface area contributed by atoms with Crippen LogP contribution in [-0.4, -0.2) is 21.4 Å². The first kappa shape index (κ1) is 14.6. The molecule has 5 heteroatoms. The average molecular weight is 336 g/mol. The zero-order valence-corrected chi connectivity index (χ0v) is 13.2. The molecule has 2 atom stereocenters. The summed E-state index contributed by atoms with van der Waals surface area (Å²) in [5, 5.41) is 33.2. The summed E-state index contributed by atoms with van der Waals surface area (Å²) >= 11 is 0. The highest BCUT2D eigenvalue weighted by Crippen LogP contribution is 2.52. The van der Waals surface area contributed by atoms with Crippen molar-refractivity contribution in [1.82, 2.24) is 0 Å². The van der Waals surface area contributed by atoms with E-state index in [2.05, 4.69) is 0 Å². The molecule has 0 amide bonds. The first-order valence-electron chi connectivity index (χ1n) is 8.18. The van der Waals surface area contributed by atoms with E-state index < -0.39 is 18.0 Å². The molecular weight excluding hydrogens is 320 g/mol. The van der Waals surface area contributed by atoms with Gasteiger partial charge < -0.3 is 24.8 Å². The van der Waals surface area contributed by atoms with Gasteiger partial charge in [-0.2, -0.15) is 0 Å². The van der Waals surface area contributed by atoms with Crippen LogP contribution in [0.4, 0.5) is 0 Å². The van der Waals surface area contributed by atoms with E-state index in [0.29, 0.717) is 22.6 Å². The molecule has 0 saturated heterocycles. The Morgan fingerprint density at radius 1 is 0.880 bits per heavy atom. The minimum absolute atomic E-state index is 0.00270. The quantitative estimate of drug-likeness (QED) is 0.588. The van der Waals surface area contributed by atoms with Crippen LogP contribution in [0.3, 0.4) is 0 Å². The molecule has 25 heavy (non-hydrogen) atoms. The zero-order valence-electron chi connectivity index (χ0n) is 13.2. The molecule has 0 unspecified atom stereocenters. The number of phenolic OH excluding ortho intramolecular Hbond substituents is 1. The van der Waals surface area contributed by atoms with Gasteiger partial charge in [0, 0.05) is 17.5 Å². The summed E-state index contributed by atoms with van der Waals surface area (Å²) < 4.78 is 12.4. The van der Waals surface area contributed by atoms with Crippen LogP contribution >= 0.6 is 0 Å². The number of fused-ring (bicyclic) bond motifs is 2. The Morgan fingerprint density at radius 2 is 1.52 bits per heavy atom. The van der Waals surface area contributed by atoms with E-state index in [1.165, 1.54) is 6.07 Å². The average Bonchev–Trinajstić information content (AvgIpc) is 2.60. The molecular formula is C20H16O5. The third kappa shape index (κ3) is 1.85. The van der Waals surface area contributed by atoms with Crippen LogP contribution in [0, 0.1) is 0 Å². The van der Waals surface area contributed by atoms with Gasteiger partial charge in [0.05, 0.1) is 11.5 Å². The van der Waals surface area contributed by atoms with E-state index in [4.69, 9.17) is 9.47 Å². The number of hydrogen-bond acceptors (Lipinski definition) is 5. The van der Waals surface area contributed by atoms with Gasteiger partial charge in [-0.15, -0.1) is 0 Å². The molecule has 3 aromatic carbocycles. The third-order valence-corrected chi connectivity index (χ3v) is 5.03. The highest BCUT2D eigenvalue weighted by atomic mass is 16.7. The molecule has 3 N–H and O–H groups in total. The standard InChI is InChI=1S/C20H16O5/c21-13-7-3-6-12-19(13)14(22)10-17(23)20(12)24-15-8-1-4-11-5-2-9-16(25-20)18(11)15/h1-9,14,17,21-23H,10H2/t14-,17-/m1/s1. The molecule has 0 radical (unpaired) electrons. The Labute approximate surface area is 143 Å². The number of hydrogen-bond donors (Lipinski definition) is 3. The van der Waals surface area contributed by atoms with Crippen molar-refractivity contribution in [2.45, 2.75) is 24.4 Å². The Bertz CT molecular complexity index is 956. The van der Waals surface area contributed by atoms with Crippen LogP contribution in [-0.2, 0) is 5.79 Å². The van der Waals surface area contributed by atoms with Gasteiger partial charge in [0.1, 0.15) is 23.4 Å². The third-order valence-electron chi connectivity index (χ3n) is 5.03. The van der Waals surface area contributed by atoms with Gasteiger partial charge in [-0.05, 0) is 23.6 Å². The van der Waals surface area contributed by atoms with E-state index in [1.807, 2.05) is 36.4 Å². The van der Waals surface area contributed by atoms with Crippen LogP contribution in [0.25, 0.3) is 10.8 Å². The molecule has 0 fully saturated rings. The fraction of sp³-hybridized carbons (Fsp3) is 0.200. The predicted octanol–water partition coefficient (Wildman–Crippen LogP) is 2.97. The van der Waals surface area contributed by atoms with Gasteiger partial charge in [-0.1, -0.05) is 36.4 Å². The highest BCUT2D eigenvalue weighted by molar-refractivity contribution is 5.94. The minimum Gasteiger partial charge on any atom is -0.508 e. The first-order valence-corrected chi connectivity index (χ1v) is 8.18. The Balaban J connectivity index is 1.78. The van der Waals surface area contributed by atoms with Gasteiger partial charge in [0.2, 0.25) is 0 Å². The summed E-state index contributed by atoms with van der Waals surface area (Å²) in [6.07, 6.45) is -2.08. The van der Waals surface area contributed by atoms with Crippen molar-refractivity contribution in [2.75, 3.05) is 0 Å². The number of aliphatic hydroxyl groups is 2. The van der Waals surface area contributed by atoms with E-state index in [9.17, 15) is 15.3 Å². The Morgan fingerprint density at radius 3 is 2.20 bits per heavy atom. The van der Waals surface area contributed by atoms with E-state index in [0.717, 1.165) is 10.8 Å². The molecule has 1 aliphatic carbocycles. The summed E-state index contributed by atoms with van der Waals surface area (Å²) in [7, 11) is 0. The fourth-order valence-electron chi connectivity index (χ4n) is 3.91. The van der Waals surface area contributed by atoms with Gasteiger partial charge in [-0.3, -0.25) is 0 Å². The van der Waals surface area contributed by atoms with Crippen LogP contribution in [0.15, 0.2) is 54.6 Å². The number of rotatable bonds is 0. The molecule has 0 aromatic heterocycles. The smallest absolute Gasteiger partial charge is 0.304 e. The number of aliphatic hydroxyl groups excluding tert-OH is 2. The van der Waals surface area contributed by atoms with E-state index in [-0.39, 0.29) is 12.2 Å². The summed E-state index contributed by atoms with van der Waals surface area (Å²) in [6.45, 7) is 0. The molecule has 1 aliphatic heterocycles. The van der Waals surface area contributed by atoms with E-state index in [1.54, 1.807) is 12.1 Å².